The van der Waals surface area contributed by atoms with Crippen molar-refractivity contribution in [3.63, 3.8) is 0 Å². The highest BCUT2D eigenvalue weighted by molar-refractivity contribution is 7.92. The molecule has 0 bridgehead atoms. The van der Waals surface area contributed by atoms with Crippen molar-refractivity contribution in [1.82, 2.24) is 0 Å². The normalized spacial score (nSPS) is 21.6. The van der Waals surface area contributed by atoms with Crippen LogP contribution in [0.25, 0.3) is 0 Å². The summed E-state index contributed by atoms with van der Waals surface area (Å²) in [5, 5.41) is 3.54. The summed E-state index contributed by atoms with van der Waals surface area (Å²) < 4.78 is 58.7. The molecule has 5 rings (SSSR count). The van der Waals surface area contributed by atoms with Crippen molar-refractivity contribution >= 4 is 31.2 Å². The van der Waals surface area contributed by atoms with Crippen molar-refractivity contribution < 1.29 is 21.6 Å². The van der Waals surface area contributed by atoms with Gasteiger partial charge in [0.2, 0.25) is 0 Å². The highest BCUT2D eigenvalue weighted by Crippen LogP contribution is 2.50. The van der Waals surface area contributed by atoms with Crippen LogP contribution < -0.4 is 10.0 Å². The quantitative estimate of drug-likeness (QED) is 0.512. The van der Waals surface area contributed by atoms with Crippen molar-refractivity contribution in [2.75, 3.05) is 22.9 Å². The molecule has 3 unspecified atom stereocenters. The van der Waals surface area contributed by atoms with E-state index in [1.807, 2.05) is 38.1 Å². The SMILES string of the molecule is Cc1ccc(NS(=O)(=O)c2ccc3c(c2)C2OCCC2C(c2ccc(S(C)(=O)=O)cc2)N3)cc1C. The van der Waals surface area contributed by atoms with Gasteiger partial charge in [0.15, 0.2) is 9.84 Å². The predicted octanol–water partition coefficient (Wildman–Crippen LogP) is 4.75. The first-order chi connectivity index (χ1) is 16.5. The second-order valence-electron chi connectivity index (χ2n) is 9.36. The van der Waals surface area contributed by atoms with E-state index in [4.69, 9.17) is 4.74 Å². The topological polar surface area (TPSA) is 102 Å². The van der Waals surface area contributed by atoms with Crippen LogP contribution in [0.3, 0.4) is 0 Å². The number of rotatable bonds is 5. The van der Waals surface area contributed by atoms with Crippen LogP contribution in [0.2, 0.25) is 0 Å². The van der Waals surface area contributed by atoms with E-state index in [1.54, 1.807) is 36.4 Å². The molecule has 0 aliphatic carbocycles. The minimum Gasteiger partial charge on any atom is -0.378 e. The zero-order chi connectivity index (χ0) is 25.0. The van der Waals surface area contributed by atoms with Gasteiger partial charge in [-0.2, -0.15) is 0 Å². The summed E-state index contributed by atoms with van der Waals surface area (Å²) in [6.45, 7) is 4.50. The molecule has 0 aromatic heterocycles. The third-order valence-electron chi connectivity index (χ3n) is 6.94. The van der Waals surface area contributed by atoms with E-state index in [9.17, 15) is 16.8 Å². The van der Waals surface area contributed by atoms with Crippen LogP contribution in [-0.2, 0) is 24.6 Å². The van der Waals surface area contributed by atoms with Crippen molar-refractivity contribution in [2.45, 2.75) is 42.2 Å². The maximum atomic E-state index is 13.2. The van der Waals surface area contributed by atoms with E-state index in [1.165, 1.54) is 6.26 Å². The molecule has 0 saturated carbocycles. The molecule has 7 nitrogen and oxygen atoms in total. The Morgan fingerprint density at radius 3 is 2.29 bits per heavy atom. The largest absolute Gasteiger partial charge is 0.378 e. The molecule has 3 aromatic rings. The maximum Gasteiger partial charge on any atom is 0.261 e. The minimum atomic E-state index is -3.78. The van der Waals surface area contributed by atoms with Crippen molar-refractivity contribution in [2.24, 2.45) is 5.92 Å². The highest BCUT2D eigenvalue weighted by Gasteiger charge is 2.42. The van der Waals surface area contributed by atoms with Crippen molar-refractivity contribution in [1.29, 1.82) is 0 Å². The molecule has 0 spiro atoms. The summed E-state index contributed by atoms with van der Waals surface area (Å²) in [5.41, 5.74) is 5.23. The van der Waals surface area contributed by atoms with Gasteiger partial charge in [0.05, 0.1) is 21.9 Å². The van der Waals surface area contributed by atoms with Crippen LogP contribution in [0.1, 0.15) is 40.8 Å². The summed E-state index contributed by atoms with van der Waals surface area (Å²) in [7, 11) is -7.05. The molecule has 3 aromatic carbocycles. The lowest BCUT2D eigenvalue weighted by Crippen LogP contribution is -2.29. The Balaban J connectivity index is 1.45. The van der Waals surface area contributed by atoms with Gasteiger partial charge in [-0.05, 0) is 79.4 Å². The molecule has 3 atom stereocenters. The van der Waals surface area contributed by atoms with Crippen LogP contribution in [0.4, 0.5) is 11.4 Å². The van der Waals surface area contributed by atoms with E-state index >= 15 is 0 Å². The van der Waals surface area contributed by atoms with Gasteiger partial charge < -0.3 is 10.1 Å². The Labute approximate surface area is 206 Å². The Hall–Kier alpha value is -2.88. The molecule has 9 heteroatoms. The minimum absolute atomic E-state index is 0.0697. The summed E-state index contributed by atoms with van der Waals surface area (Å²) in [6.07, 6.45) is 1.76. The van der Waals surface area contributed by atoms with Gasteiger partial charge in [-0.15, -0.1) is 0 Å². The van der Waals surface area contributed by atoms with Crippen molar-refractivity contribution in [3.8, 4) is 0 Å². The van der Waals surface area contributed by atoms with E-state index in [0.29, 0.717) is 12.3 Å². The van der Waals surface area contributed by atoms with Gasteiger partial charge in [-0.25, -0.2) is 16.8 Å². The molecular formula is C26H28N2O5S2. The van der Waals surface area contributed by atoms with E-state index in [2.05, 4.69) is 10.0 Å². The second-order valence-corrected chi connectivity index (χ2v) is 13.1. The molecule has 2 aliphatic heterocycles. The average Bonchev–Trinajstić information content (AvgIpc) is 3.30. The fourth-order valence-corrected chi connectivity index (χ4v) is 6.60. The number of sulfonamides is 1. The van der Waals surface area contributed by atoms with Crippen molar-refractivity contribution in [3.05, 3.63) is 82.9 Å². The number of benzene rings is 3. The van der Waals surface area contributed by atoms with E-state index in [-0.39, 0.29) is 27.9 Å². The van der Waals surface area contributed by atoms with Crippen LogP contribution in [0.15, 0.2) is 70.5 Å². The lowest BCUT2D eigenvalue weighted by Gasteiger charge is -2.36. The summed E-state index contributed by atoms with van der Waals surface area (Å²) in [4.78, 5) is 0.462. The first-order valence-corrected chi connectivity index (χ1v) is 14.8. The van der Waals surface area contributed by atoms with Crippen LogP contribution in [-0.4, -0.2) is 29.7 Å². The number of ether oxygens (including phenoxy) is 1. The summed E-state index contributed by atoms with van der Waals surface area (Å²) >= 11 is 0. The number of aryl methyl sites for hydroxylation is 2. The Morgan fingerprint density at radius 1 is 0.886 bits per heavy atom. The molecule has 184 valence electrons. The molecule has 2 aliphatic rings. The summed E-state index contributed by atoms with van der Waals surface area (Å²) in [6, 6.07) is 17.4. The maximum absolute atomic E-state index is 13.2. The third kappa shape index (κ3) is 4.55. The second kappa shape index (κ2) is 8.65. The Morgan fingerprint density at radius 2 is 1.60 bits per heavy atom. The van der Waals surface area contributed by atoms with Gasteiger partial charge in [0.25, 0.3) is 10.0 Å². The van der Waals surface area contributed by atoms with Gasteiger partial charge in [-0.1, -0.05) is 18.2 Å². The number of nitrogens with one attached hydrogen (secondary N) is 2. The smallest absolute Gasteiger partial charge is 0.261 e. The molecule has 1 fully saturated rings. The lowest BCUT2D eigenvalue weighted by molar-refractivity contribution is 0.0827. The fraction of sp³-hybridized carbons (Fsp3) is 0.308. The first kappa shape index (κ1) is 23.8. The fourth-order valence-electron chi connectivity index (χ4n) is 4.89. The number of hydrogen-bond acceptors (Lipinski definition) is 6. The van der Waals surface area contributed by atoms with Crippen LogP contribution in [0.5, 0.6) is 0 Å². The molecule has 2 heterocycles. The monoisotopic (exact) mass is 512 g/mol. The molecule has 0 amide bonds. The van der Waals surface area contributed by atoms with Crippen LogP contribution in [0, 0.1) is 19.8 Å². The van der Waals surface area contributed by atoms with Gasteiger partial charge in [0, 0.05) is 35.7 Å². The number of sulfone groups is 1. The molecule has 1 saturated heterocycles. The standard InChI is InChI=1S/C26H28N2O5S2/c1-16-4-7-19(14-17(16)2)28-35(31,32)21-10-11-24-23(15-21)26-22(12-13-33-26)25(27-24)18-5-8-20(9-6-18)34(3,29)30/h4-11,14-15,22,25-28H,12-13H2,1-3H3. The van der Waals surface area contributed by atoms with Crippen LogP contribution >= 0.6 is 0 Å². The Bertz CT molecular complexity index is 1500. The van der Waals surface area contributed by atoms with Gasteiger partial charge in [0.1, 0.15) is 0 Å². The molecule has 2 N–H and O–H groups in total. The van der Waals surface area contributed by atoms with E-state index in [0.717, 1.165) is 34.4 Å². The highest BCUT2D eigenvalue weighted by atomic mass is 32.2. The summed E-state index contributed by atoms with van der Waals surface area (Å²) in [5.74, 6) is 0.0947. The molecular weight excluding hydrogens is 484 g/mol. The van der Waals surface area contributed by atoms with Gasteiger partial charge >= 0.3 is 0 Å². The molecule has 0 radical (unpaired) electrons. The number of hydrogen-bond donors (Lipinski definition) is 2. The zero-order valence-corrected chi connectivity index (χ0v) is 21.4. The van der Waals surface area contributed by atoms with Gasteiger partial charge in [-0.3, -0.25) is 4.72 Å². The van der Waals surface area contributed by atoms with E-state index < -0.39 is 19.9 Å². The lowest BCUT2D eigenvalue weighted by atomic mass is 9.81. The first-order valence-electron chi connectivity index (χ1n) is 11.5. The third-order valence-corrected chi connectivity index (χ3v) is 9.45. The predicted molar refractivity (Wildman–Crippen MR) is 136 cm³/mol. The number of anilines is 2. The average molecular weight is 513 g/mol. The number of fused-ring (bicyclic) bond motifs is 3. The zero-order valence-electron chi connectivity index (χ0n) is 19.8. The Kier molecular flexibility index (Phi) is 5.89. The molecule has 35 heavy (non-hydrogen) atoms.